The maximum absolute atomic E-state index is 13.4. The summed E-state index contributed by atoms with van der Waals surface area (Å²) in [5.41, 5.74) is 10.1. The SMILES string of the molecule is Cc1cc(Br)c(C(N)c2cc(F)ccc2C)cc1Br. The monoisotopic (exact) mass is 385 g/mol. The zero-order valence-electron chi connectivity index (χ0n) is 10.7. The van der Waals surface area contributed by atoms with E-state index < -0.39 is 0 Å². The van der Waals surface area contributed by atoms with Crippen molar-refractivity contribution in [3.8, 4) is 0 Å². The highest BCUT2D eigenvalue weighted by atomic mass is 79.9. The van der Waals surface area contributed by atoms with Gasteiger partial charge in [-0.15, -0.1) is 0 Å². The highest BCUT2D eigenvalue weighted by molar-refractivity contribution is 9.11. The van der Waals surface area contributed by atoms with Crippen molar-refractivity contribution in [3.63, 3.8) is 0 Å². The van der Waals surface area contributed by atoms with Crippen LogP contribution in [0.1, 0.15) is 28.3 Å². The summed E-state index contributed by atoms with van der Waals surface area (Å²) in [5, 5.41) is 0. The van der Waals surface area contributed by atoms with Crippen molar-refractivity contribution < 1.29 is 4.39 Å². The van der Waals surface area contributed by atoms with Gasteiger partial charge in [-0.05, 0) is 60.4 Å². The largest absolute Gasteiger partial charge is 0.320 e. The lowest BCUT2D eigenvalue weighted by atomic mass is 9.95. The Morgan fingerprint density at radius 2 is 1.63 bits per heavy atom. The minimum Gasteiger partial charge on any atom is -0.320 e. The lowest BCUT2D eigenvalue weighted by molar-refractivity contribution is 0.622. The van der Waals surface area contributed by atoms with E-state index in [0.29, 0.717) is 0 Å². The lowest BCUT2D eigenvalue weighted by Gasteiger charge is -2.18. The summed E-state index contributed by atoms with van der Waals surface area (Å²) in [4.78, 5) is 0. The van der Waals surface area contributed by atoms with Gasteiger partial charge in [-0.1, -0.05) is 37.9 Å². The number of rotatable bonds is 2. The van der Waals surface area contributed by atoms with Crippen molar-refractivity contribution in [3.05, 3.63) is 67.3 Å². The van der Waals surface area contributed by atoms with Crippen LogP contribution in [0.15, 0.2) is 39.3 Å². The molecule has 0 aliphatic heterocycles. The molecule has 2 N–H and O–H groups in total. The molecule has 2 aromatic rings. The van der Waals surface area contributed by atoms with E-state index in [1.807, 2.05) is 26.0 Å². The van der Waals surface area contributed by atoms with Crippen LogP contribution in [0.25, 0.3) is 0 Å². The second kappa shape index (κ2) is 5.73. The molecule has 19 heavy (non-hydrogen) atoms. The molecule has 1 unspecified atom stereocenters. The van der Waals surface area contributed by atoms with Crippen LogP contribution in [-0.4, -0.2) is 0 Å². The zero-order chi connectivity index (χ0) is 14.2. The Hall–Kier alpha value is -0.710. The number of hydrogen-bond donors (Lipinski definition) is 1. The molecule has 0 saturated heterocycles. The first-order valence-electron chi connectivity index (χ1n) is 5.87. The van der Waals surface area contributed by atoms with Crippen LogP contribution in [0.2, 0.25) is 0 Å². The van der Waals surface area contributed by atoms with Crippen LogP contribution in [0.5, 0.6) is 0 Å². The van der Waals surface area contributed by atoms with E-state index in [4.69, 9.17) is 5.73 Å². The van der Waals surface area contributed by atoms with Crippen molar-refractivity contribution in [1.82, 2.24) is 0 Å². The molecule has 4 heteroatoms. The van der Waals surface area contributed by atoms with Crippen LogP contribution < -0.4 is 5.73 Å². The quantitative estimate of drug-likeness (QED) is 0.770. The molecule has 1 nitrogen and oxygen atoms in total. The number of halogens is 3. The van der Waals surface area contributed by atoms with E-state index >= 15 is 0 Å². The van der Waals surface area contributed by atoms with Gasteiger partial charge in [-0.25, -0.2) is 4.39 Å². The van der Waals surface area contributed by atoms with E-state index in [9.17, 15) is 4.39 Å². The van der Waals surface area contributed by atoms with Gasteiger partial charge in [0.05, 0.1) is 6.04 Å². The minimum atomic E-state index is -0.359. The van der Waals surface area contributed by atoms with Crippen LogP contribution in [-0.2, 0) is 0 Å². The minimum absolute atomic E-state index is 0.265. The van der Waals surface area contributed by atoms with Gasteiger partial charge in [0.2, 0.25) is 0 Å². The normalized spacial score (nSPS) is 12.5. The first-order chi connectivity index (χ1) is 8.90. The number of benzene rings is 2. The second-order valence-electron chi connectivity index (χ2n) is 4.60. The highest BCUT2D eigenvalue weighted by Crippen LogP contribution is 2.33. The number of aryl methyl sites for hydroxylation is 2. The Kier molecular flexibility index (Phi) is 4.43. The van der Waals surface area contributed by atoms with Gasteiger partial charge < -0.3 is 5.73 Å². The summed E-state index contributed by atoms with van der Waals surface area (Å²) >= 11 is 7.03. The Morgan fingerprint density at radius 1 is 0.947 bits per heavy atom. The topological polar surface area (TPSA) is 26.0 Å². The molecule has 0 aliphatic rings. The summed E-state index contributed by atoms with van der Waals surface area (Å²) < 4.78 is 15.3. The summed E-state index contributed by atoms with van der Waals surface area (Å²) in [7, 11) is 0. The molecule has 2 aromatic carbocycles. The Bertz CT molecular complexity index is 626. The first-order valence-corrected chi connectivity index (χ1v) is 7.46. The summed E-state index contributed by atoms with van der Waals surface area (Å²) in [6.07, 6.45) is 0. The smallest absolute Gasteiger partial charge is 0.123 e. The average Bonchev–Trinajstić information content (AvgIpc) is 2.36. The van der Waals surface area contributed by atoms with Gasteiger partial charge in [-0.3, -0.25) is 0 Å². The van der Waals surface area contributed by atoms with Crippen molar-refractivity contribution in [2.24, 2.45) is 5.73 Å². The van der Waals surface area contributed by atoms with E-state index in [-0.39, 0.29) is 11.9 Å². The van der Waals surface area contributed by atoms with Gasteiger partial charge in [0.15, 0.2) is 0 Å². The lowest BCUT2D eigenvalue weighted by Crippen LogP contribution is -2.14. The van der Waals surface area contributed by atoms with E-state index in [2.05, 4.69) is 31.9 Å². The molecule has 0 bridgehead atoms. The third-order valence-corrected chi connectivity index (χ3v) is 4.73. The maximum atomic E-state index is 13.4. The van der Waals surface area contributed by atoms with Crippen molar-refractivity contribution in [2.75, 3.05) is 0 Å². The van der Waals surface area contributed by atoms with Gasteiger partial charge in [0, 0.05) is 8.95 Å². The van der Waals surface area contributed by atoms with Gasteiger partial charge in [-0.2, -0.15) is 0 Å². The first kappa shape index (κ1) is 14.7. The van der Waals surface area contributed by atoms with Crippen LogP contribution in [0.4, 0.5) is 4.39 Å². The molecular formula is C15H14Br2FN. The maximum Gasteiger partial charge on any atom is 0.123 e. The standard InChI is InChI=1S/C15H14Br2FN/c1-8-3-4-10(18)6-11(8)15(19)12-7-13(16)9(2)5-14(12)17/h3-7,15H,19H2,1-2H3. The molecule has 2 rings (SSSR count). The summed E-state index contributed by atoms with van der Waals surface area (Å²) in [5.74, 6) is -0.265. The summed E-state index contributed by atoms with van der Waals surface area (Å²) in [6, 6.07) is 8.33. The fraction of sp³-hybridized carbons (Fsp3) is 0.200. The summed E-state index contributed by atoms with van der Waals surface area (Å²) in [6.45, 7) is 3.95. The number of nitrogens with two attached hydrogens (primary N) is 1. The fourth-order valence-corrected chi connectivity index (χ4v) is 3.08. The highest BCUT2D eigenvalue weighted by Gasteiger charge is 2.16. The van der Waals surface area contributed by atoms with Crippen molar-refractivity contribution in [1.29, 1.82) is 0 Å². The van der Waals surface area contributed by atoms with E-state index in [1.165, 1.54) is 12.1 Å². The van der Waals surface area contributed by atoms with Gasteiger partial charge >= 0.3 is 0 Å². The Labute approximate surface area is 129 Å². The molecule has 0 heterocycles. The molecule has 0 amide bonds. The molecular weight excluding hydrogens is 373 g/mol. The van der Waals surface area contributed by atoms with Crippen molar-refractivity contribution in [2.45, 2.75) is 19.9 Å². The predicted molar refractivity (Wildman–Crippen MR) is 83.7 cm³/mol. The third-order valence-electron chi connectivity index (χ3n) is 3.19. The molecule has 0 spiro atoms. The molecule has 0 aromatic heterocycles. The van der Waals surface area contributed by atoms with Gasteiger partial charge in [0.25, 0.3) is 0 Å². The molecule has 0 radical (unpaired) electrons. The zero-order valence-corrected chi connectivity index (χ0v) is 13.8. The Balaban J connectivity index is 2.52. The average molecular weight is 387 g/mol. The van der Waals surface area contributed by atoms with E-state index in [1.54, 1.807) is 6.07 Å². The van der Waals surface area contributed by atoms with Crippen molar-refractivity contribution >= 4 is 31.9 Å². The van der Waals surface area contributed by atoms with Crippen LogP contribution >= 0.6 is 31.9 Å². The third kappa shape index (κ3) is 3.07. The molecule has 100 valence electrons. The predicted octanol–water partition coefficient (Wildman–Crippen LogP) is 5.02. The van der Waals surface area contributed by atoms with E-state index in [0.717, 1.165) is 31.2 Å². The second-order valence-corrected chi connectivity index (χ2v) is 6.31. The number of hydrogen-bond acceptors (Lipinski definition) is 1. The molecule has 1 atom stereocenters. The molecule has 0 aliphatic carbocycles. The Morgan fingerprint density at radius 3 is 2.32 bits per heavy atom. The fourth-order valence-electron chi connectivity index (χ4n) is 2.01. The van der Waals surface area contributed by atoms with Crippen LogP contribution in [0, 0.1) is 19.7 Å². The van der Waals surface area contributed by atoms with Crippen LogP contribution in [0.3, 0.4) is 0 Å². The van der Waals surface area contributed by atoms with Gasteiger partial charge in [0.1, 0.15) is 5.82 Å². The molecule has 0 fully saturated rings. The molecule has 0 saturated carbocycles.